The van der Waals surface area contributed by atoms with Gasteiger partial charge in [0.2, 0.25) is 5.91 Å². The van der Waals surface area contributed by atoms with Crippen LogP contribution in [0.15, 0.2) is 40.9 Å². The van der Waals surface area contributed by atoms with Crippen LogP contribution < -0.4 is 4.74 Å². The van der Waals surface area contributed by atoms with Gasteiger partial charge in [-0.1, -0.05) is 47.0 Å². The summed E-state index contributed by atoms with van der Waals surface area (Å²) in [6.07, 6.45) is 6.38. The fourth-order valence-corrected chi connectivity index (χ4v) is 8.13. The molecule has 1 unspecified atom stereocenters. The molecule has 1 aromatic heterocycles. The molecule has 3 aliphatic heterocycles. The first-order valence-electron chi connectivity index (χ1n) is 15.7. The Hall–Kier alpha value is -3.73. The van der Waals surface area contributed by atoms with Gasteiger partial charge in [-0.15, -0.1) is 10.2 Å². The maximum atomic E-state index is 14.3. The number of carboxylic acid groups (broad SMARTS) is 1. The summed E-state index contributed by atoms with van der Waals surface area (Å²) in [6, 6.07) is 11.0. The zero-order valence-electron chi connectivity index (χ0n) is 24.6. The van der Waals surface area contributed by atoms with Crippen LogP contribution in [0.25, 0.3) is 0 Å². The second-order valence-electron chi connectivity index (χ2n) is 12.3. The van der Waals surface area contributed by atoms with Gasteiger partial charge < -0.3 is 24.2 Å². The highest BCUT2D eigenvalue weighted by Gasteiger charge is 2.44. The SMILES string of the molecule is O=C(O)[C@H]1CCCC[C@H]1C(=O)N1CCc2c(Br)ccc(OCc3nnc4n3CCCC4)c2C1CN1Cc2ccccc2C1=O. The predicted octanol–water partition coefficient (Wildman–Crippen LogP) is 4.93. The molecule has 11 heteroatoms. The summed E-state index contributed by atoms with van der Waals surface area (Å²) in [5.74, 6) is -0.0115. The number of aliphatic carboxylic acids is 1. The molecule has 2 amide bonds. The number of fused-ring (bicyclic) bond motifs is 3. The minimum atomic E-state index is -0.911. The topological polar surface area (TPSA) is 118 Å². The normalized spacial score (nSPS) is 22.8. The van der Waals surface area contributed by atoms with Crippen molar-refractivity contribution >= 4 is 33.7 Å². The maximum Gasteiger partial charge on any atom is 0.307 e. The highest BCUT2D eigenvalue weighted by atomic mass is 79.9. The van der Waals surface area contributed by atoms with E-state index in [4.69, 9.17) is 4.74 Å². The van der Waals surface area contributed by atoms with E-state index in [0.717, 1.165) is 71.5 Å². The van der Waals surface area contributed by atoms with Crippen LogP contribution in [0.2, 0.25) is 0 Å². The molecule has 1 fully saturated rings. The fourth-order valence-electron chi connectivity index (χ4n) is 7.58. The van der Waals surface area contributed by atoms with Gasteiger partial charge >= 0.3 is 5.97 Å². The smallest absolute Gasteiger partial charge is 0.307 e. The van der Waals surface area contributed by atoms with E-state index in [-0.39, 0.29) is 25.0 Å². The number of aryl methyl sites for hydroxylation is 1. The van der Waals surface area contributed by atoms with Gasteiger partial charge in [0.15, 0.2) is 5.82 Å². The monoisotopic (exact) mass is 661 g/mol. The van der Waals surface area contributed by atoms with Gasteiger partial charge in [0.05, 0.1) is 17.9 Å². The molecule has 0 bridgehead atoms. The summed E-state index contributed by atoms with van der Waals surface area (Å²) in [4.78, 5) is 43.8. The first-order chi connectivity index (χ1) is 21.4. The number of ether oxygens (including phenoxy) is 1. The molecular weight excluding hydrogens is 626 g/mol. The van der Waals surface area contributed by atoms with Gasteiger partial charge in [-0.3, -0.25) is 14.4 Å². The minimum Gasteiger partial charge on any atom is -0.485 e. The van der Waals surface area contributed by atoms with Crippen LogP contribution in [-0.4, -0.2) is 60.5 Å². The van der Waals surface area contributed by atoms with Crippen LogP contribution in [0.4, 0.5) is 0 Å². The number of rotatable bonds is 7. The Morgan fingerprint density at radius 1 is 0.977 bits per heavy atom. The number of halogens is 1. The van der Waals surface area contributed by atoms with Gasteiger partial charge in [-0.25, -0.2) is 0 Å². The average molecular weight is 663 g/mol. The quantitative estimate of drug-likeness (QED) is 0.382. The Morgan fingerprint density at radius 3 is 2.61 bits per heavy atom. The van der Waals surface area contributed by atoms with E-state index in [1.807, 2.05) is 41.3 Å². The third kappa shape index (κ3) is 5.18. The lowest BCUT2D eigenvalue weighted by Gasteiger charge is -2.43. The van der Waals surface area contributed by atoms with Gasteiger partial charge in [-0.05, 0) is 61.4 Å². The molecule has 10 nitrogen and oxygen atoms in total. The van der Waals surface area contributed by atoms with Crippen LogP contribution in [0.1, 0.15) is 83.3 Å². The largest absolute Gasteiger partial charge is 0.485 e. The molecule has 230 valence electrons. The van der Waals surface area contributed by atoms with Crippen molar-refractivity contribution in [3.63, 3.8) is 0 Å². The number of nitrogens with zero attached hydrogens (tertiary/aromatic N) is 5. The Labute approximate surface area is 264 Å². The van der Waals surface area contributed by atoms with E-state index in [1.54, 1.807) is 4.90 Å². The van der Waals surface area contributed by atoms with Crippen molar-refractivity contribution < 1.29 is 24.2 Å². The van der Waals surface area contributed by atoms with Crippen molar-refractivity contribution in [1.29, 1.82) is 0 Å². The van der Waals surface area contributed by atoms with E-state index < -0.39 is 23.8 Å². The van der Waals surface area contributed by atoms with E-state index in [0.29, 0.717) is 43.7 Å². The summed E-state index contributed by atoms with van der Waals surface area (Å²) in [6.45, 7) is 2.28. The summed E-state index contributed by atoms with van der Waals surface area (Å²) in [5.41, 5.74) is 3.56. The van der Waals surface area contributed by atoms with Crippen molar-refractivity contribution in [2.24, 2.45) is 11.8 Å². The predicted molar refractivity (Wildman–Crippen MR) is 164 cm³/mol. The van der Waals surface area contributed by atoms with Crippen molar-refractivity contribution in [2.45, 2.75) is 77.1 Å². The summed E-state index contributed by atoms with van der Waals surface area (Å²) in [5, 5.41) is 18.8. The number of aromatic nitrogens is 3. The Bertz CT molecular complexity index is 1620. The molecule has 0 spiro atoms. The maximum absolute atomic E-state index is 14.3. The summed E-state index contributed by atoms with van der Waals surface area (Å²) < 4.78 is 9.57. The highest BCUT2D eigenvalue weighted by molar-refractivity contribution is 9.10. The van der Waals surface area contributed by atoms with Crippen LogP contribution in [0.5, 0.6) is 5.75 Å². The molecule has 7 rings (SSSR count). The molecule has 3 aromatic rings. The number of carboxylic acids is 1. The number of carbonyl (C=O) groups is 3. The standard InChI is InChI=1S/C33H36BrN5O5/c34-25-12-13-27(44-19-29-36-35-28-11-5-6-15-39(28)29)30-24(25)14-16-38(32(41)22-9-3-4-10-23(22)33(42)43)26(30)18-37-17-20-7-1-2-8-21(20)31(37)40/h1-2,7-8,12-13,22-23,26H,3-6,9-11,14-19H2,(H,42,43)/t22-,23+,26?/m1/s1. The molecule has 0 saturated heterocycles. The fraction of sp³-hybridized carbons (Fsp3) is 0.485. The number of hydrogen-bond donors (Lipinski definition) is 1. The highest BCUT2D eigenvalue weighted by Crippen LogP contribution is 2.44. The van der Waals surface area contributed by atoms with Crippen LogP contribution in [0, 0.1) is 11.8 Å². The van der Waals surface area contributed by atoms with Crippen molar-refractivity contribution in [3.05, 3.63) is 74.8 Å². The molecule has 0 radical (unpaired) electrons. The molecule has 3 atom stereocenters. The Balaban J connectivity index is 1.25. The molecule has 4 heterocycles. The summed E-state index contributed by atoms with van der Waals surface area (Å²) in [7, 11) is 0. The molecule has 1 aliphatic carbocycles. The van der Waals surface area contributed by atoms with E-state index in [9.17, 15) is 19.5 Å². The van der Waals surface area contributed by atoms with Crippen LogP contribution in [-0.2, 0) is 42.1 Å². The van der Waals surface area contributed by atoms with Crippen molar-refractivity contribution in [2.75, 3.05) is 13.1 Å². The first-order valence-corrected chi connectivity index (χ1v) is 16.5. The molecule has 1 saturated carbocycles. The second-order valence-corrected chi connectivity index (χ2v) is 13.2. The number of benzene rings is 2. The number of hydrogen-bond acceptors (Lipinski definition) is 6. The molecule has 44 heavy (non-hydrogen) atoms. The van der Waals surface area contributed by atoms with E-state index >= 15 is 0 Å². The van der Waals surface area contributed by atoms with Gasteiger partial charge in [-0.2, -0.15) is 0 Å². The average Bonchev–Trinajstić information content (AvgIpc) is 3.61. The number of carbonyl (C=O) groups excluding carboxylic acids is 2. The van der Waals surface area contributed by atoms with Gasteiger partial charge in [0.25, 0.3) is 5.91 Å². The van der Waals surface area contributed by atoms with Crippen LogP contribution >= 0.6 is 15.9 Å². The third-order valence-electron chi connectivity index (χ3n) is 9.84. The lowest BCUT2D eigenvalue weighted by atomic mass is 9.77. The lowest BCUT2D eigenvalue weighted by molar-refractivity contribution is -0.153. The molecule has 2 aromatic carbocycles. The van der Waals surface area contributed by atoms with Crippen LogP contribution in [0.3, 0.4) is 0 Å². The molecule has 4 aliphatic rings. The third-order valence-corrected chi connectivity index (χ3v) is 10.6. The van der Waals surface area contributed by atoms with E-state index in [2.05, 4.69) is 30.7 Å². The van der Waals surface area contributed by atoms with Crippen molar-refractivity contribution in [3.8, 4) is 5.75 Å². The Kier molecular flexibility index (Phi) is 7.90. The Morgan fingerprint density at radius 2 is 1.80 bits per heavy atom. The minimum absolute atomic E-state index is 0.0613. The first kappa shape index (κ1) is 29.0. The van der Waals surface area contributed by atoms with Gasteiger partial charge in [0, 0.05) is 48.2 Å². The second kappa shape index (κ2) is 12.0. The summed E-state index contributed by atoms with van der Waals surface area (Å²) >= 11 is 3.75. The zero-order valence-corrected chi connectivity index (χ0v) is 26.2. The zero-order chi connectivity index (χ0) is 30.4. The molecular formula is C33H36BrN5O5. The van der Waals surface area contributed by atoms with Crippen molar-refractivity contribution in [1.82, 2.24) is 24.6 Å². The van der Waals surface area contributed by atoms with Gasteiger partial charge in [0.1, 0.15) is 18.2 Å². The number of amides is 2. The molecule has 1 N–H and O–H groups in total. The lowest BCUT2D eigenvalue weighted by Crippen LogP contribution is -2.50. The van der Waals surface area contributed by atoms with E-state index in [1.165, 1.54) is 0 Å².